The first-order chi connectivity index (χ1) is 12.5. The summed E-state index contributed by atoms with van der Waals surface area (Å²) in [6.45, 7) is 1.69. The van der Waals surface area contributed by atoms with Gasteiger partial charge in [0.25, 0.3) is 6.43 Å². The van der Waals surface area contributed by atoms with Crippen molar-refractivity contribution < 1.29 is 13.2 Å². The van der Waals surface area contributed by atoms with Crippen LogP contribution >= 0.6 is 0 Å². The van der Waals surface area contributed by atoms with Crippen LogP contribution in [0.3, 0.4) is 0 Å². The maximum absolute atomic E-state index is 13.8. The molecule has 0 aliphatic carbocycles. The van der Waals surface area contributed by atoms with Crippen LogP contribution in [0.4, 0.5) is 13.2 Å². The van der Waals surface area contributed by atoms with Crippen molar-refractivity contribution in [2.75, 3.05) is 0 Å². The summed E-state index contributed by atoms with van der Waals surface area (Å²) in [6, 6.07) is 4.96. The number of aromatic nitrogens is 6. The molecular weight excluding hydrogens is 345 g/mol. The van der Waals surface area contributed by atoms with Crippen LogP contribution in [-0.2, 0) is 6.42 Å². The summed E-state index contributed by atoms with van der Waals surface area (Å²) in [7, 11) is 0. The molecular formula is C17H13F3N6. The molecule has 0 atom stereocenters. The standard InChI is InChI=1S/C17H13F3N6/c1-9-2-3-10(6-11(9)18)7-12-17-21-4-5-26(17)8-13(22-12)15-23-16(14(19)20)25-24-15/h2-6,8,14H,7H2,1H3,(H,23,24,25). The van der Waals surface area contributed by atoms with Gasteiger partial charge in [0.1, 0.15) is 11.5 Å². The van der Waals surface area contributed by atoms with E-state index in [4.69, 9.17) is 0 Å². The van der Waals surface area contributed by atoms with Gasteiger partial charge in [-0.3, -0.25) is 5.10 Å². The van der Waals surface area contributed by atoms with Crippen LogP contribution in [0.5, 0.6) is 0 Å². The first-order valence-corrected chi connectivity index (χ1v) is 7.79. The number of imidazole rings is 1. The van der Waals surface area contributed by atoms with Crippen LogP contribution in [0.15, 0.2) is 36.8 Å². The molecule has 0 unspecified atom stereocenters. The molecule has 0 aliphatic heterocycles. The molecule has 1 aromatic carbocycles. The molecule has 0 aliphatic rings. The lowest BCUT2D eigenvalue weighted by molar-refractivity contribution is 0.141. The van der Waals surface area contributed by atoms with E-state index in [-0.39, 0.29) is 11.6 Å². The third-order valence-electron chi connectivity index (χ3n) is 3.99. The molecule has 0 amide bonds. The van der Waals surface area contributed by atoms with Gasteiger partial charge in [-0.2, -0.15) is 5.10 Å². The maximum Gasteiger partial charge on any atom is 0.296 e. The molecule has 0 spiro atoms. The Balaban J connectivity index is 1.78. The predicted molar refractivity (Wildman–Crippen MR) is 87.3 cm³/mol. The smallest absolute Gasteiger partial charge is 0.296 e. The highest BCUT2D eigenvalue weighted by Crippen LogP contribution is 2.21. The summed E-state index contributed by atoms with van der Waals surface area (Å²) >= 11 is 0. The fourth-order valence-corrected chi connectivity index (χ4v) is 2.65. The Kier molecular flexibility index (Phi) is 3.90. The van der Waals surface area contributed by atoms with Crippen molar-refractivity contribution in [3.05, 3.63) is 65.3 Å². The van der Waals surface area contributed by atoms with Crippen molar-refractivity contribution in [3.8, 4) is 11.5 Å². The highest BCUT2D eigenvalue weighted by Gasteiger charge is 2.17. The fourth-order valence-electron chi connectivity index (χ4n) is 2.65. The van der Waals surface area contributed by atoms with Gasteiger partial charge in [-0.25, -0.2) is 28.1 Å². The molecule has 132 valence electrons. The number of fused-ring (bicyclic) bond motifs is 1. The number of H-pyrrole nitrogens is 1. The van der Waals surface area contributed by atoms with Gasteiger partial charge in [-0.05, 0) is 24.1 Å². The Bertz CT molecular complexity index is 1090. The van der Waals surface area contributed by atoms with Gasteiger partial charge in [-0.1, -0.05) is 12.1 Å². The second-order valence-corrected chi connectivity index (χ2v) is 5.84. The average Bonchev–Trinajstić information content (AvgIpc) is 3.27. The van der Waals surface area contributed by atoms with Crippen LogP contribution in [0.1, 0.15) is 29.1 Å². The summed E-state index contributed by atoms with van der Waals surface area (Å²) < 4.78 is 41.0. The van der Waals surface area contributed by atoms with Crippen molar-refractivity contribution in [1.82, 2.24) is 29.5 Å². The molecule has 4 rings (SSSR count). The van der Waals surface area contributed by atoms with Gasteiger partial charge in [0.2, 0.25) is 5.82 Å². The summed E-state index contributed by atoms with van der Waals surface area (Å²) in [5.74, 6) is -0.754. The number of nitrogens with zero attached hydrogens (tertiary/aromatic N) is 5. The van der Waals surface area contributed by atoms with Gasteiger partial charge in [0, 0.05) is 25.0 Å². The number of rotatable bonds is 4. The minimum Gasteiger partial charge on any atom is -0.303 e. The van der Waals surface area contributed by atoms with E-state index in [0.717, 1.165) is 5.56 Å². The summed E-state index contributed by atoms with van der Waals surface area (Å²) in [6.07, 6.45) is 2.50. The summed E-state index contributed by atoms with van der Waals surface area (Å²) in [5, 5.41) is 6.00. The zero-order valence-corrected chi connectivity index (χ0v) is 13.6. The maximum atomic E-state index is 13.8. The first kappa shape index (κ1) is 16.2. The van der Waals surface area contributed by atoms with Gasteiger partial charge in [0.05, 0.1) is 5.69 Å². The third kappa shape index (κ3) is 2.92. The number of hydrogen-bond donors (Lipinski definition) is 1. The van der Waals surface area contributed by atoms with Gasteiger partial charge in [-0.15, -0.1) is 0 Å². The van der Waals surface area contributed by atoms with Crippen molar-refractivity contribution in [2.24, 2.45) is 0 Å². The number of hydrogen-bond acceptors (Lipinski definition) is 4. The Morgan fingerprint density at radius 2 is 2.08 bits per heavy atom. The minimum atomic E-state index is -2.75. The molecule has 3 aromatic heterocycles. The molecule has 0 fully saturated rings. The largest absolute Gasteiger partial charge is 0.303 e. The fraction of sp³-hybridized carbons (Fsp3) is 0.176. The Morgan fingerprint density at radius 3 is 2.81 bits per heavy atom. The minimum absolute atomic E-state index is 0.0623. The number of aryl methyl sites for hydroxylation is 1. The highest BCUT2D eigenvalue weighted by molar-refractivity contribution is 5.55. The molecule has 0 saturated carbocycles. The normalized spacial score (nSPS) is 11.6. The van der Waals surface area contributed by atoms with E-state index in [1.807, 2.05) is 6.07 Å². The second kappa shape index (κ2) is 6.25. The van der Waals surface area contributed by atoms with Crippen molar-refractivity contribution >= 4 is 5.65 Å². The van der Waals surface area contributed by atoms with Crippen LogP contribution in [0.2, 0.25) is 0 Å². The second-order valence-electron chi connectivity index (χ2n) is 5.84. The molecule has 3 heterocycles. The van der Waals surface area contributed by atoms with Crippen LogP contribution in [0, 0.1) is 12.7 Å². The average molecular weight is 358 g/mol. The molecule has 4 aromatic rings. The quantitative estimate of drug-likeness (QED) is 0.606. The Hall–Kier alpha value is -3.23. The van der Waals surface area contributed by atoms with Crippen LogP contribution < -0.4 is 0 Å². The topological polar surface area (TPSA) is 71.8 Å². The molecule has 26 heavy (non-hydrogen) atoms. The molecule has 0 radical (unpaired) electrons. The predicted octanol–water partition coefficient (Wildman–Crippen LogP) is 3.49. The molecule has 0 saturated heterocycles. The number of halogens is 3. The molecule has 1 N–H and O–H groups in total. The lowest BCUT2D eigenvalue weighted by Gasteiger charge is -2.07. The number of nitrogens with one attached hydrogen (secondary N) is 1. The highest BCUT2D eigenvalue weighted by atomic mass is 19.3. The Labute approximate surface area is 145 Å². The van der Waals surface area contributed by atoms with E-state index < -0.39 is 12.2 Å². The van der Waals surface area contributed by atoms with Crippen molar-refractivity contribution in [2.45, 2.75) is 19.8 Å². The third-order valence-corrected chi connectivity index (χ3v) is 3.99. The first-order valence-electron chi connectivity index (χ1n) is 7.79. The lowest BCUT2D eigenvalue weighted by Crippen LogP contribution is -2.02. The lowest BCUT2D eigenvalue weighted by atomic mass is 10.1. The van der Waals surface area contributed by atoms with Crippen LogP contribution in [-0.4, -0.2) is 29.5 Å². The molecule has 0 bridgehead atoms. The van der Waals surface area contributed by atoms with E-state index in [9.17, 15) is 13.2 Å². The number of alkyl halides is 2. The number of benzene rings is 1. The van der Waals surface area contributed by atoms with Gasteiger partial charge < -0.3 is 4.40 Å². The van der Waals surface area contributed by atoms with E-state index >= 15 is 0 Å². The SMILES string of the molecule is Cc1ccc(Cc2nc(-c3n[nH]c(C(F)F)n3)cn3ccnc23)cc1F. The van der Waals surface area contributed by atoms with Gasteiger partial charge in [0.15, 0.2) is 11.5 Å². The van der Waals surface area contributed by atoms with Crippen LogP contribution in [0.25, 0.3) is 17.2 Å². The zero-order chi connectivity index (χ0) is 18.3. The van der Waals surface area contributed by atoms with E-state index in [1.165, 1.54) is 6.07 Å². The van der Waals surface area contributed by atoms with E-state index in [0.29, 0.717) is 29.0 Å². The van der Waals surface area contributed by atoms with Gasteiger partial charge >= 0.3 is 0 Å². The summed E-state index contributed by atoms with van der Waals surface area (Å²) in [5.41, 5.74) is 2.77. The Morgan fingerprint density at radius 1 is 1.23 bits per heavy atom. The molecule has 9 heteroatoms. The number of aromatic amines is 1. The molecule has 6 nitrogen and oxygen atoms in total. The van der Waals surface area contributed by atoms with Crippen molar-refractivity contribution in [1.29, 1.82) is 0 Å². The monoisotopic (exact) mass is 358 g/mol. The zero-order valence-electron chi connectivity index (χ0n) is 13.6. The summed E-state index contributed by atoms with van der Waals surface area (Å²) in [4.78, 5) is 12.5. The van der Waals surface area contributed by atoms with E-state index in [2.05, 4.69) is 25.1 Å². The van der Waals surface area contributed by atoms with Crippen molar-refractivity contribution in [3.63, 3.8) is 0 Å². The van der Waals surface area contributed by atoms with E-state index in [1.54, 1.807) is 36.0 Å².